The Morgan fingerprint density at radius 3 is 2.22 bits per heavy atom. The fourth-order valence-corrected chi connectivity index (χ4v) is 2.72. The molecule has 1 aromatic heterocycles. The lowest BCUT2D eigenvalue weighted by Crippen LogP contribution is -2.22. The average Bonchev–Trinajstić information content (AvgIpc) is 2.65. The largest absolute Gasteiger partial charge is 0.355 e. The summed E-state index contributed by atoms with van der Waals surface area (Å²) in [6.45, 7) is 2.26. The second-order valence-electron chi connectivity index (χ2n) is 6.11. The summed E-state index contributed by atoms with van der Waals surface area (Å²) in [5, 5.41) is 2.69. The molecule has 27 heavy (non-hydrogen) atoms. The van der Waals surface area contributed by atoms with Crippen LogP contribution in [0.3, 0.4) is 0 Å². The number of carbonyl (C=O) groups is 1. The van der Waals surface area contributed by atoms with Crippen molar-refractivity contribution in [1.29, 1.82) is 0 Å². The first-order chi connectivity index (χ1) is 12.9. The van der Waals surface area contributed by atoms with Crippen LogP contribution in [0.25, 0.3) is 0 Å². The average molecular weight is 368 g/mol. The molecule has 0 bridgehead atoms. The van der Waals surface area contributed by atoms with Crippen LogP contribution in [0.5, 0.6) is 0 Å². The van der Waals surface area contributed by atoms with Crippen LogP contribution in [0, 0.1) is 18.6 Å². The molecule has 1 N–H and O–H groups in total. The Morgan fingerprint density at radius 2 is 1.59 bits per heavy atom. The second-order valence-corrected chi connectivity index (χ2v) is 6.11. The lowest BCUT2D eigenvalue weighted by atomic mass is 10.1. The molecule has 0 unspecified atom stereocenters. The summed E-state index contributed by atoms with van der Waals surface area (Å²) in [5.41, 5.74) is 2.23. The van der Waals surface area contributed by atoms with Crippen LogP contribution in [-0.2, 0) is 6.54 Å². The fourth-order valence-electron chi connectivity index (χ4n) is 2.72. The molecule has 0 fully saturated rings. The van der Waals surface area contributed by atoms with E-state index in [4.69, 9.17) is 0 Å². The molecule has 0 saturated carbocycles. The monoisotopic (exact) mass is 368 g/mol. The van der Waals surface area contributed by atoms with Gasteiger partial charge in [0.15, 0.2) is 0 Å². The standard InChI is InChI=1S/C20H18F2N4O/c1-13-18(20(27)25-17-9-7-16(22)8-10-17)23-12-24-19(13)26(2)11-14-3-5-15(21)6-4-14/h3-10,12H,11H2,1-2H3,(H,25,27). The maximum Gasteiger partial charge on any atom is 0.274 e. The van der Waals surface area contributed by atoms with E-state index in [9.17, 15) is 13.6 Å². The molecule has 3 aromatic rings. The quantitative estimate of drug-likeness (QED) is 0.741. The molecule has 3 rings (SSSR count). The number of nitrogens with zero attached hydrogens (tertiary/aromatic N) is 3. The Morgan fingerprint density at radius 1 is 1.00 bits per heavy atom. The van der Waals surface area contributed by atoms with E-state index < -0.39 is 5.91 Å². The summed E-state index contributed by atoms with van der Waals surface area (Å²) >= 11 is 0. The highest BCUT2D eigenvalue weighted by Crippen LogP contribution is 2.21. The Balaban J connectivity index is 1.79. The van der Waals surface area contributed by atoms with E-state index >= 15 is 0 Å². The van der Waals surface area contributed by atoms with Gasteiger partial charge in [-0.05, 0) is 48.9 Å². The summed E-state index contributed by atoms with van der Waals surface area (Å²) in [6, 6.07) is 11.7. The van der Waals surface area contributed by atoms with E-state index in [0.717, 1.165) is 5.56 Å². The topological polar surface area (TPSA) is 58.1 Å². The molecule has 1 heterocycles. The summed E-state index contributed by atoms with van der Waals surface area (Å²) in [4.78, 5) is 22.7. The van der Waals surface area contributed by atoms with Crippen LogP contribution in [0.15, 0.2) is 54.9 Å². The predicted molar refractivity (Wildman–Crippen MR) is 99.6 cm³/mol. The molecule has 0 aliphatic carbocycles. The molecule has 0 aliphatic rings. The lowest BCUT2D eigenvalue weighted by molar-refractivity contribution is 0.102. The van der Waals surface area contributed by atoms with Crippen molar-refractivity contribution in [1.82, 2.24) is 9.97 Å². The Hall–Kier alpha value is -3.35. The molecule has 0 atom stereocenters. The highest BCUT2D eigenvalue weighted by atomic mass is 19.1. The van der Waals surface area contributed by atoms with Gasteiger partial charge in [-0.3, -0.25) is 4.79 Å². The Bertz CT molecular complexity index is 943. The maximum atomic E-state index is 13.1. The zero-order valence-electron chi connectivity index (χ0n) is 14.9. The van der Waals surface area contributed by atoms with Gasteiger partial charge in [0.05, 0.1) is 0 Å². The molecule has 0 radical (unpaired) electrons. The number of hydrogen-bond donors (Lipinski definition) is 1. The van der Waals surface area contributed by atoms with Gasteiger partial charge in [0.25, 0.3) is 5.91 Å². The zero-order valence-corrected chi connectivity index (χ0v) is 14.9. The van der Waals surface area contributed by atoms with Crippen molar-refractivity contribution in [2.45, 2.75) is 13.5 Å². The molecular formula is C20H18F2N4O. The molecular weight excluding hydrogens is 350 g/mol. The first-order valence-electron chi connectivity index (χ1n) is 8.28. The van der Waals surface area contributed by atoms with E-state index in [0.29, 0.717) is 23.6 Å². The fraction of sp³-hybridized carbons (Fsp3) is 0.150. The first-order valence-corrected chi connectivity index (χ1v) is 8.28. The highest BCUT2D eigenvalue weighted by molar-refractivity contribution is 6.04. The minimum Gasteiger partial charge on any atom is -0.355 e. The second kappa shape index (κ2) is 7.90. The predicted octanol–water partition coefficient (Wildman–Crippen LogP) is 3.95. The molecule has 0 aliphatic heterocycles. The zero-order chi connectivity index (χ0) is 19.4. The summed E-state index contributed by atoms with van der Waals surface area (Å²) in [6.07, 6.45) is 1.32. The first kappa shape index (κ1) is 18.4. The number of nitrogens with one attached hydrogen (secondary N) is 1. The third-order valence-corrected chi connectivity index (χ3v) is 4.07. The van der Waals surface area contributed by atoms with Crippen LogP contribution in [0.1, 0.15) is 21.6 Å². The molecule has 1 amide bonds. The van der Waals surface area contributed by atoms with Crippen molar-refractivity contribution in [3.63, 3.8) is 0 Å². The van der Waals surface area contributed by atoms with Crippen LogP contribution >= 0.6 is 0 Å². The number of halogens is 2. The highest BCUT2D eigenvalue weighted by Gasteiger charge is 2.17. The maximum absolute atomic E-state index is 13.1. The van der Waals surface area contributed by atoms with Gasteiger partial charge >= 0.3 is 0 Å². The van der Waals surface area contributed by atoms with E-state index in [1.165, 1.54) is 42.7 Å². The van der Waals surface area contributed by atoms with Crippen molar-refractivity contribution in [3.05, 3.63) is 83.3 Å². The molecule has 0 saturated heterocycles. The van der Waals surface area contributed by atoms with Gasteiger partial charge in [-0.25, -0.2) is 18.7 Å². The number of aromatic nitrogens is 2. The van der Waals surface area contributed by atoms with E-state index in [1.807, 2.05) is 11.9 Å². The molecule has 0 spiro atoms. The SMILES string of the molecule is Cc1c(C(=O)Nc2ccc(F)cc2)ncnc1N(C)Cc1ccc(F)cc1. The van der Waals surface area contributed by atoms with Gasteiger partial charge in [-0.2, -0.15) is 0 Å². The number of amides is 1. The summed E-state index contributed by atoms with van der Waals surface area (Å²) < 4.78 is 26.0. The number of benzene rings is 2. The van der Waals surface area contributed by atoms with Crippen LogP contribution in [0.2, 0.25) is 0 Å². The molecule has 5 nitrogen and oxygen atoms in total. The summed E-state index contributed by atoms with van der Waals surface area (Å²) in [5.74, 6) is -0.480. The third-order valence-electron chi connectivity index (χ3n) is 4.07. The number of carbonyl (C=O) groups excluding carboxylic acids is 1. The van der Waals surface area contributed by atoms with Crippen LogP contribution in [0.4, 0.5) is 20.3 Å². The van der Waals surface area contributed by atoms with Crippen LogP contribution in [-0.4, -0.2) is 22.9 Å². The van der Waals surface area contributed by atoms with Crippen molar-refractivity contribution in [2.75, 3.05) is 17.3 Å². The van der Waals surface area contributed by atoms with Gasteiger partial charge in [-0.1, -0.05) is 12.1 Å². The van der Waals surface area contributed by atoms with E-state index in [2.05, 4.69) is 15.3 Å². The minimum atomic E-state index is -0.405. The van der Waals surface area contributed by atoms with E-state index in [-0.39, 0.29) is 17.3 Å². The van der Waals surface area contributed by atoms with Crippen LogP contribution < -0.4 is 10.2 Å². The van der Waals surface area contributed by atoms with Gasteiger partial charge < -0.3 is 10.2 Å². The minimum absolute atomic E-state index is 0.232. The van der Waals surface area contributed by atoms with Crippen molar-refractivity contribution >= 4 is 17.4 Å². The van der Waals surface area contributed by atoms with Gasteiger partial charge in [0.1, 0.15) is 29.5 Å². The third kappa shape index (κ3) is 4.44. The Kier molecular flexibility index (Phi) is 5.40. The number of anilines is 2. The summed E-state index contributed by atoms with van der Waals surface area (Å²) in [7, 11) is 1.83. The molecule has 7 heteroatoms. The van der Waals surface area contributed by atoms with Gasteiger partial charge in [0.2, 0.25) is 0 Å². The van der Waals surface area contributed by atoms with Crippen molar-refractivity contribution in [2.24, 2.45) is 0 Å². The number of rotatable bonds is 5. The smallest absolute Gasteiger partial charge is 0.274 e. The lowest BCUT2D eigenvalue weighted by Gasteiger charge is -2.21. The van der Waals surface area contributed by atoms with Crippen molar-refractivity contribution < 1.29 is 13.6 Å². The van der Waals surface area contributed by atoms with Crippen molar-refractivity contribution in [3.8, 4) is 0 Å². The molecule has 138 valence electrons. The molecule has 2 aromatic carbocycles. The van der Waals surface area contributed by atoms with Gasteiger partial charge in [0, 0.05) is 24.8 Å². The van der Waals surface area contributed by atoms with E-state index in [1.54, 1.807) is 19.1 Å². The van der Waals surface area contributed by atoms with Gasteiger partial charge in [-0.15, -0.1) is 0 Å². The Labute approximate surface area is 155 Å². The normalized spacial score (nSPS) is 10.5. The number of hydrogen-bond acceptors (Lipinski definition) is 4.